The number of anilines is 1. The van der Waals surface area contributed by atoms with Crippen LogP contribution in [-0.4, -0.2) is 15.5 Å². The molecule has 0 atom stereocenters. The van der Waals surface area contributed by atoms with E-state index in [4.69, 9.17) is 0 Å². The standard InChI is InChI=1S/C22H17F2N3O2S/c1-12-6-7-16(24)9-17(12)26-20(28)19-13(2)18-21(30-19)25-11-27(22(18)29)10-14-4-3-5-15(23)8-14/h3-9,11H,10H2,1-2H3,(H,26,28). The molecule has 2 aromatic carbocycles. The van der Waals surface area contributed by atoms with Crippen LogP contribution in [0.3, 0.4) is 0 Å². The number of hydrogen-bond acceptors (Lipinski definition) is 4. The van der Waals surface area contributed by atoms with Crippen molar-refractivity contribution >= 4 is 33.1 Å². The number of carbonyl (C=O) groups is 1. The molecular formula is C22H17F2N3O2S. The fourth-order valence-corrected chi connectivity index (χ4v) is 4.26. The van der Waals surface area contributed by atoms with Gasteiger partial charge in [-0.2, -0.15) is 0 Å². The van der Waals surface area contributed by atoms with Gasteiger partial charge in [0.2, 0.25) is 0 Å². The summed E-state index contributed by atoms with van der Waals surface area (Å²) in [4.78, 5) is 30.9. The first kappa shape index (κ1) is 19.9. The molecule has 0 saturated carbocycles. The van der Waals surface area contributed by atoms with Crippen molar-refractivity contribution in [3.8, 4) is 0 Å². The average molecular weight is 425 g/mol. The van der Waals surface area contributed by atoms with Gasteiger partial charge in [-0.3, -0.25) is 14.2 Å². The van der Waals surface area contributed by atoms with Gasteiger partial charge in [0.05, 0.1) is 23.1 Å². The first-order valence-electron chi connectivity index (χ1n) is 9.14. The minimum Gasteiger partial charge on any atom is -0.321 e. The van der Waals surface area contributed by atoms with Gasteiger partial charge in [0.25, 0.3) is 11.5 Å². The molecule has 5 nitrogen and oxygen atoms in total. The minimum atomic E-state index is -0.453. The molecular weight excluding hydrogens is 408 g/mol. The molecule has 152 valence electrons. The van der Waals surface area contributed by atoms with Crippen molar-refractivity contribution < 1.29 is 13.6 Å². The zero-order chi connectivity index (χ0) is 21.4. The summed E-state index contributed by atoms with van der Waals surface area (Å²) in [6.07, 6.45) is 1.39. The highest BCUT2D eigenvalue weighted by atomic mass is 32.1. The molecule has 2 heterocycles. The van der Waals surface area contributed by atoms with Crippen molar-refractivity contribution in [1.82, 2.24) is 9.55 Å². The highest BCUT2D eigenvalue weighted by Gasteiger charge is 2.20. The van der Waals surface area contributed by atoms with Crippen LogP contribution in [0.1, 0.15) is 26.4 Å². The van der Waals surface area contributed by atoms with E-state index in [0.29, 0.717) is 31.9 Å². The average Bonchev–Trinajstić information content (AvgIpc) is 3.04. The molecule has 0 radical (unpaired) electrons. The van der Waals surface area contributed by atoms with E-state index in [-0.39, 0.29) is 17.9 Å². The molecule has 1 amide bonds. The van der Waals surface area contributed by atoms with Crippen LogP contribution in [0.25, 0.3) is 10.2 Å². The van der Waals surface area contributed by atoms with Crippen LogP contribution in [0.2, 0.25) is 0 Å². The molecule has 2 aromatic heterocycles. The number of rotatable bonds is 4. The molecule has 0 aliphatic heterocycles. The lowest BCUT2D eigenvalue weighted by molar-refractivity contribution is 0.103. The van der Waals surface area contributed by atoms with Crippen molar-refractivity contribution in [2.24, 2.45) is 0 Å². The van der Waals surface area contributed by atoms with Crippen molar-refractivity contribution in [1.29, 1.82) is 0 Å². The van der Waals surface area contributed by atoms with Crippen molar-refractivity contribution in [2.75, 3.05) is 5.32 Å². The molecule has 0 aliphatic rings. The number of nitrogens with one attached hydrogen (secondary N) is 1. The first-order chi connectivity index (χ1) is 14.3. The predicted octanol–water partition coefficient (Wildman–Crippen LogP) is 4.65. The van der Waals surface area contributed by atoms with E-state index < -0.39 is 11.7 Å². The quantitative estimate of drug-likeness (QED) is 0.518. The topological polar surface area (TPSA) is 64.0 Å². The normalized spacial score (nSPS) is 11.1. The lowest BCUT2D eigenvalue weighted by atomic mass is 10.1. The molecule has 0 fully saturated rings. The summed E-state index contributed by atoms with van der Waals surface area (Å²) in [6, 6.07) is 10.1. The van der Waals surface area contributed by atoms with E-state index in [1.165, 1.54) is 35.2 Å². The van der Waals surface area contributed by atoms with Crippen LogP contribution >= 0.6 is 11.3 Å². The Kier molecular flexibility index (Phi) is 5.17. The number of nitrogens with zero attached hydrogens (tertiary/aromatic N) is 2. The van der Waals surface area contributed by atoms with E-state index >= 15 is 0 Å². The van der Waals surface area contributed by atoms with E-state index in [1.807, 2.05) is 0 Å². The Morgan fingerprint density at radius 1 is 1.13 bits per heavy atom. The smallest absolute Gasteiger partial charge is 0.266 e. The fourth-order valence-electron chi connectivity index (χ4n) is 3.23. The molecule has 4 aromatic rings. The van der Waals surface area contributed by atoms with Gasteiger partial charge in [-0.05, 0) is 54.8 Å². The van der Waals surface area contributed by atoms with Gasteiger partial charge >= 0.3 is 0 Å². The van der Waals surface area contributed by atoms with Gasteiger partial charge in [-0.25, -0.2) is 13.8 Å². The lowest BCUT2D eigenvalue weighted by Gasteiger charge is -2.08. The Hall–Kier alpha value is -3.39. The molecule has 0 saturated heterocycles. The SMILES string of the molecule is Cc1ccc(F)cc1NC(=O)c1sc2ncn(Cc3cccc(F)c3)c(=O)c2c1C. The summed E-state index contributed by atoms with van der Waals surface area (Å²) in [6.45, 7) is 3.61. The highest BCUT2D eigenvalue weighted by Crippen LogP contribution is 2.28. The summed E-state index contributed by atoms with van der Waals surface area (Å²) in [5.41, 5.74) is 1.92. The summed E-state index contributed by atoms with van der Waals surface area (Å²) >= 11 is 1.10. The molecule has 8 heteroatoms. The molecule has 0 aliphatic carbocycles. The number of fused-ring (bicyclic) bond motifs is 1. The number of halogens is 2. The van der Waals surface area contributed by atoms with Gasteiger partial charge < -0.3 is 5.32 Å². The lowest BCUT2D eigenvalue weighted by Crippen LogP contribution is -2.21. The van der Waals surface area contributed by atoms with Crippen LogP contribution in [0.15, 0.2) is 53.6 Å². The third-order valence-electron chi connectivity index (χ3n) is 4.81. The Morgan fingerprint density at radius 2 is 1.90 bits per heavy atom. The number of aryl methyl sites for hydroxylation is 2. The van der Waals surface area contributed by atoms with Crippen LogP contribution in [0, 0.1) is 25.5 Å². The summed E-state index contributed by atoms with van der Waals surface area (Å²) in [5, 5.41) is 3.05. The Morgan fingerprint density at radius 3 is 2.67 bits per heavy atom. The zero-order valence-corrected chi connectivity index (χ0v) is 17.0. The van der Waals surface area contributed by atoms with Gasteiger partial charge in [-0.15, -0.1) is 11.3 Å². The number of aromatic nitrogens is 2. The maximum Gasteiger partial charge on any atom is 0.266 e. The van der Waals surface area contributed by atoms with Crippen molar-refractivity contribution in [3.63, 3.8) is 0 Å². The summed E-state index contributed by atoms with van der Waals surface area (Å²) in [5.74, 6) is -1.26. The summed E-state index contributed by atoms with van der Waals surface area (Å²) in [7, 11) is 0. The monoisotopic (exact) mass is 425 g/mol. The van der Waals surface area contributed by atoms with E-state index in [2.05, 4.69) is 10.3 Å². The third kappa shape index (κ3) is 3.73. The van der Waals surface area contributed by atoms with E-state index in [1.54, 1.807) is 32.0 Å². The molecule has 1 N–H and O–H groups in total. The number of thiophene rings is 1. The second-order valence-corrected chi connectivity index (χ2v) is 7.96. The molecule has 4 rings (SSSR count). The van der Waals surface area contributed by atoms with Gasteiger partial charge in [0.1, 0.15) is 16.5 Å². The number of carbonyl (C=O) groups excluding carboxylic acids is 1. The maximum atomic E-state index is 13.5. The first-order valence-corrected chi connectivity index (χ1v) is 9.95. The van der Waals surface area contributed by atoms with Crippen LogP contribution in [-0.2, 0) is 6.54 Å². The largest absolute Gasteiger partial charge is 0.321 e. The predicted molar refractivity (Wildman–Crippen MR) is 113 cm³/mol. The van der Waals surface area contributed by atoms with Gasteiger partial charge in [0, 0.05) is 5.69 Å². The molecule has 30 heavy (non-hydrogen) atoms. The molecule has 0 spiro atoms. The van der Waals surface area contributed by atoms with Crippen molar-refractivity contribution in [2.45, 2.75) is 20.4 Å². The summed E-state index contributed by atoms with van der Waals surface area (Å²) < 4.78 is 28.3. The minimum absolute atomic E-state index is 0.166. The van der Waals surface area contributed by atoms with E-state index in [0.717, 1.165) is 16.9 Å². The molecule has 0 unspecified atom stereocenters. The number of hydrogen-bond donors (Lipinski definition) is 1. The van der Waals surface area contributed by atoms with Gasteiger partial charge in [-0.1, -0.05) is 18.2 Å². The van der Waals surface area contributed by atoms with Crippen LogP contribution in [0.4, 0.5) is 14.5 Å². The number of benzene rings is 2. The molecule has 0 bridgehead atoms. The maximum absolute atomic E-state index is 13.5. The number of amides is 1. The van der Waals surface area contributed by atoms with Gasteiger partial charge in [0.15, 0.2) is 0 Å². The zero-order valence-electron chi connectivity index (χ0n) is 16.2. The third-order valence-corrected chi connectivity index (χ3v) is 6.01. The second kappa shape index (κ2) is 7.79. The Bertz CT molecular complexity index is 1340. The fraction of sp³-hybridized carbons (Fsp3) is 0.136. The highest BCUT2D eigenvalue weighted by molar-refractivity contribution is 7.20. The van der Waals surface area contributed by atoms with Crippen LogP contribution < -0.4 is 10.9 Å². The van der Waals surface area contributed by atoms with Crippen molar-refractivity contribution in [3.05, 3.63) is 92.3 Å². The van der Waals surface area contributed by atoms with E-state index in [9.17, 15) is 18.4 Å². The van der Waals surface area contributed by atoms with Crippen LogP contribution in [0.5, 0.6) is 0 Å². The Balaban J connectivity index is 1.70. The Labute approximate surface area is 174 Å². The second-order valence-electron chi connectivity index (χ2n) is 6.96.